The van der Waals surface area contributed by atoms with E-state index < -0.39 is 23.0 Å². The lowest BCUT2D eigenvalue weighted by atomic mass is 10.0. The second-order valence-electron chi connectivity index (χ2n) is 4.11. The fourth-order valence-corrected chi connectivity index (χ4v) is 1.79. The van der Waals surface area contributed by atoms with Gasteiger partial charge in [-0.2, -0.15) is 0 Å². The van der Waals surface area contributed by atoms with Crippen LogP contribution in [0, 0.1) is 11.6 Å². The molecule has 2 aromatic rings. The number of anilines is 1. The van der Waals surface area contributed by atoms with Crippen LogP contribution in [0.5, 0.6) is 5.75 Å². The van der Waals surface area contributed by atoms with Gasteiger partial charge in [0.2, 0.25) is 0 Å². The molecule has 2 rings (SSSR count). The Morgan fingerprint density at radius 2 is 1.80 bits per heavy atom. The van der Waals surface area contributed by atoms with Crippen LogP contribution >= 0.6 is 0 Å². The van der Waals surface area contributed by atoms with Gasteiger partial charge in [-0.1, -0.05) is 0 Å². The molecule has 0 spiro atoms. The normalized spacial score (nSPS) is 10.3. The lowest BCUT2D eigenvalue weighted by Gasteiger charge is -2.07. The highest BCUT2D eigenvalue weighted by atomic mass is 19.1. The van der Waals surface area contributed by atoms with Crippen LogP contribution in [0.15, 0.2) is 36.4 Å². The van der Waals surface area contributed by atoms with Crippen molar-refractivity contribution in [3.8, 4) is 5.75 Å². The average Bonchev–Trinajstić information content (AvgIpc) is 2.44. The molecule has 5 heteroatoms. The van der Waals surface area contributed by atoms with Gasteiger partial charge in [-0.3, -0.25) is 4.79 Å². The molecule has 3 nitrogen and oxygen atoms in total. The summed E-state index contributed by atoms with van der Waals surface area (Å²) in [7, 11) is 0. The van der Waals surface area contributed by atoms with Crippen molar-refractivity contribution in [3.63, 3.8) is 0 Å². The monoisotopic (exact) mass is 277 g/mol. The van der Waals surface area contributed by atoms with Crippen LogP contribution in [-0.4, -0.2) is 12.4 Å². The second kappa shape index (κ2) is 5.69. The van der Waals surface area contributed by atoms with E-state index in [9.17, 15) is 13.6 Å². The van der Waals surface area contributed by atoms with Gasteiger partial charge in [0.15, 0.2) is 11.6 Å². The van der Waals surface area contributed by atoms with Gasteiger partial charge in [0.05, 0.1) is 17.9 Å². The van der Waals surface area contributed by atoms with Crippen LogP contribution in [0.2, 0.25) is 0 Å². The van der Waals surface area contributed by atoms with Gasteiger partial charge in [-0.15, -0.1) is 0 Å². The van der Waals surface area contributed by atoms with E-state index in [0.29, 0.717) is 12.4 Å². The number of benzene rings is 2. The number of nitrogen functional groups attached to an aromatic ring is 1. The van der Waals surface area contributed by atoms with Gasteiger partial charge in [-0.05, 0) is 43.3 Å². The summed E-state index contributed by atoms with van der Waals surface area (Å²) in [6.45, 7) is 2.32. The predicted molar refractivity (Wildman–Crippen MR) is 71.8 cm³/mol. The molecule has 0 saturated carbocycles. The lowest BCUT2D eigenvalue weighted by Crippen LogP contribution is -2.09. The van der Waals surface area contributed by atoms with Crippen molar-refractivity contribution in [2.75, 3.05) is 12.3 Å². The number of halogens is 2. The molecule has 0 saturated heterocycles. The van der Waals surface area contributed by atoms with Crippen LogP contribution in [0.4, 0.5) is 14.5 Å². The Labute approximate surface area is 115 Å². The van der Waals surface area contributed by atoms with E-state index in [1.165, 1.54) is 12.1 Å². The van der Waals surface area contributed by atoms with E-state index in [1.54, 1.807) is 12.1 Å². The lowest BCUT2D eigenvalue weighted by molar-refractivity contribution is 0.103. The van der Waals surface area contributed by atoms with Gasteiger partial charge in [0.1, 0.15) is 11.6 Å². The molecule has 0 atom stereocenters. The first-order chi connectivity index (χ1) is 9.54. The summed E-state index contributed by atoms with van der Waals surface area (Å²) in [5.74, 6) is -2.15. The van der Waals surface area contributed by atoms with Gasteiger partial charge in [0, 0.05) is 5.56 Å². The smallest absolute Gasteiger partial charge is 0.199 e. The van der Waals surface area contributed by atoms with Crippen molar-refractivity contribution in [3.05, 3.63) is 59.2 Å². The third-order valence-corrected chi connectivity index (χ3v) is 2.78. The minimum Gasteiger partial charge on any atom is -0.494 e. The van der Waals surface area contributed by atoms with Gasteiger partial charge in [-0.25, -0.2) is 8.78 Å². The number of carbonyl (C=O) groups excluding carboxylic acids is 1. The molecule has 0 bridgehead atoms. The molecule has 0 amide bonds. The topological polar surface area (TPSA) is 52.3 Å². The minimum absolute atomic E-state index is 0.164. The zero-order chi connectivity index (χ0) is 14.7. The zero-order valence-corrected chi connectivity index (χ0v) is 10.8. The highest BCUT2D eigenvalue weighted by Crippen LogP contribution is 2.22. The Bertz CT molecular complexity index is 639. The molecular formula is C15H13F2NO2. The molecule has 0 aliphatic carbocycles. The Morgan fingerprint density at radius 3 is 2.40 bits per heavy atom. The molecule has 2 aromatic carbocycles. The number of hydrogen-bond acceptors (Lipinski definition) is 3. The summed E-state index contributed by atoms with van der Waals surface area (Å²) >= 11 is 0. The van der Waals surface area contributed by atoms with Crippen LogP contribution < -0.4 is 10.5 Å². The fourth-order valence-electron chi connectivity index (χ4n) is 1.79. The molecule has 104 valence electrons. The summed E-state index contributed by atoms with van der Waals surface area (Å²) in [6, 6.07) is 8.10. The molecule has 0 heterocycles. The Hall–Kier alpha value is -2.43. The van der Waals surface area contributed by atoms with Gasteiger partial charge >= 0.3 is 0 Å². The maximum atomic E-state index is 13.8. The summed E-state index contributed by atoms with van der Waals surface area (Å²) in [4.78, 5) is 12.1. The quantitative estimate of drug-likeness (QED) is 0.689. The molecule has 2 N–H and O–H groups in total. The summed E-state index contributed by atoms with van der Waals surface area (Å²) in [5.41, 5.74) is 4.61. The number of ether oxygens (including phenoxy) is 1. The van der Waals surface area contributed by atoms with Crippen molar-refractivity contribution in [2.24, 2.45) is 0 Å². The molecular weight excluding hydrogens is 264 g/mol. The van der Waals surface area contributed by atoms with Crippen molar-refractivity contribution in [1.29, 1.82) is 0 Å². The number of carbonyl (C=O) groups is 1. The van der Waals surface area contributed by atoms with E-state index >= 15 is 0 Å². The number of nitrogens with two attached hydrogens (primary N) is 1. The average molecular weight is 277 g/mol. The first-order valence-electron chi connectivity index (χ1n) is 6.05. The molecule has 0 radical (unpaired) electrons. The Kier molecular flexibility index (Phi) is 3.98. The first-order valence-corrected chi connectivity index (χ1v) is 6.05. The highest BCUT2D eigenvalue weighted by molar-refractivity contribution is 6.09. The number of ketones is 1. The van der Waals surface area contributed by atoms with Crippen molar-refractivity contribution < 1.29 is 18.3 Å². The van der Waals surface area contributed by atoms with E-state index in [-0.39, 0.29) is 11.3 Å². The third kappa shape index (κ3) is 2.61. The van der Waals surface area contributed by atoms with E-state index in [0.717, 1.165) is 12.1 Å². The third-order valence-electron chi connectivity index (χ3n) is 2.78. The van der Waals surface area contributed by atoms with Crippen LogP contribution in [-0.2, 0) is 0 Å². The molecule has 0 aliphatic heterocycles. The first kappa shape index (κ1) is 14.0. The predicted octanol–water partition coefficient (Wildman–Crippen LogP) is 3.18. The highest BCUT2D eigenvalue weighted by Gasteiger charge is 2.20. The van der Waals surface area contributed by atoms with E-state index in [4.69, 9.17) is 10.5 Å². The fraction of sp³-hybridized carbons (Fsp3) is 0.133. The van der Waals surface area contributed by atoms with Gasteiger partial charge < -0.3 is 10.5 Å². The molecule has 0 aliphatic rings. The van der Waals surface area contributed by atoms with Crippen LogP contribution in [0.25, 0.3) is 0 Å². The summed E-state index contributed by atoms with van der Waals surface area (Å²) in [5, 5.41) is 0. The van der Waals surface area contributed by atoms with Crippen molar-refractivity contribution >= 4 is 11.5 Å². The standard InChI is InChI=1S/C15H13F2NO2/c1-2-20-10-5-3-9(4-6-10)15(19)13-11(16)7-8-12(18)14(13)17/h3-8H,2,18H2,1H3. The Balaban J connectivity index is 2.39. The molecule has 20 heavy (non-hydrogen) atoms. The van der Waals surface area contributed by atoms with Crippen molar-refractivity contribution in [2.45, 2.75) is 6.92 Å². The zero-order valence-electron chi connectivity index (χ0n) is 10.8. The molecule has 0 aromatic heterocycles. The largest absolute Gasteiger partial charge is 0.494 e. The molecule has 0 fully saturated rings. The second-order valence-corrected chi connectivity index (χ2v) is 4.11. The number of hydrogen-bond donors (Lipinski definition) is 1. The maximum Gasteiger partial charge on any atom is 0.199 e. The van der Waals surface area contributed by atoms with E-state index in [1.807, 2.05) is 6.92 Å². The van der Waals surface area contributed by atoms with Crippen LogP contribution in [0.1, 0.15) is 22.8 Å². The minimum atomic E-state index is -1.04. The Morgan fingerprint density at radius 1 is 1.15 bits per heavy atom. The van der Waals surface area contributed by atoms with E-state index in [2.05, 4.69) is 0 Å². The number of rotatable bonds is 4. The molecule has 0 unspecified atom stereocenters. The summed E-state index contributed by atoms with van der Waals surface area (Å²) < 4.78 is 32.6. The SMILES string of the molecule is CCOc1ccc(C(=O)c2c(F)ccc(N)c2F)cc1. The van der Waals surface area contributed by atoms with Crippen LogP contribution in [0.3, 0.4) is 0 Å². The maximum absolute atomic E-state index is 13.8. The van der Waals surface area contributed by atoms with Gasteiger partial charge in [0.25, 0.3) is 0 Å². The summed E-state index contributed by atoms with van der Waals surface area (Å²) in [6.07, 6.45) is 0. The van der Waals surface area contributed by atoms with Crippen molar-refractivity contribution in [1.82, 2.24) is 0 Å².